The van der Waals surface area contributed by atoms with E-state index < -0.39 is 23.2 Å². The topological polar surface area (TPSA) is 66.8 Å². The number of nitrogens with zero attached hydrogens (tertiary/aromatic N) is 1. The van der Waals surface area contributed by atoms with E-state index in [0.717, 1.165) is 0 Å². The van der Waals surface area contributed by atoms with Gasteiger partial charge in [-0.15, -0.1) is 0 Å². The SMILES string of the molecule is CCN(CCOC)C(=O)C1C(C(=O)O)C1(C)C. The molecule has 1 rings (SSSR count). The molecule has 1 amide bonds. The lowest BCUT2D eigenvalue weighted by molar-refractivity contribution is -0.142. The van der Waals surface area contributed by atoms with E-state index in [0.29, 0.717) is 19.7 Å². The standard InChI is InChI=1S/C12H21NO4/c1-5-13(6-7-17-4)10(14)8-9(11(15)16)12(8,2)3/h8-9H,5-7H2,1-4H3,(H,15,16). The fourth-order valence-electron chi connectivity index (χ4n) is 2.38. The number of rotatable bonds is 6. The first kappa shape index (κ1) is 14.0. The maximum absolute atomic E-state index is 12.2. The third-order valence-corrected chi connectivity index (χ3v) is 3.62. The Morgan fingerprint density at radius 2 is 1.94 bits per heavy atom. The van der Waals surface area contributed by atoms with Gasteiger partial charge in [0.05, 0.1) is 18.4 Å². The van der Waals surface area contributed by atoms with Crippen LogP contribution in [0.2, 0.25) is 0 Å². The Morgan fingerprint density at radius 1 is 1.35 bits per heavy atom. The number of hydrogen-bond donors (Lipinski definition) is 1. The molecule has 5 heteroatoms. The van der Waals surface area contributed by atoms with Gasteiger partial charge in [0.15, 0.2) is 0 Å². The van der Waals surface area contributed by atoms with Crippen LogP contribution in [-0.4, -0.2) is 48.7 Å². The van der Waals surface area contributed by atoms with E-state index in [4.69, 9.17) is 9.84 Å². The van der Waals surface area contributed by atoms with Gasteiger partial charge in [0.1, 0.15) is 0 Å². The van der Waals surface area contributed by atoms with Gasteiger partial charge in [-0.3, -0.25) is 9.59 Å². The Bertz CT molecular complexity index is 314. The van der Waals surface area contributed by atoms with Gasteiger partial charge in [-0.05, 0) is 12.3 Å². The molecular weight excluding hydrogens is 222 g/mol. The van der Waals surface area contributed by atoms with Crippen LogP contribution in [0, 0.1) is 17.3 Å². The van der Waals surface area contributed by atoms with E-state index in [2.05, 4.69) is 0 Å². The van der Waals surface area contributed by atoms with Gasteiger partial charge in [-0.1, -0.05) is 13.8 Å². The Hall–Kier alpha value is -1.10. The molecule has 0 aromatic carbocycles. The zero-order chi connectivity index (χ0) is 13.2. The highest BCUT2D eigenvalue weighted by Crippen LogP contribution is 2.58. The molecule has 2 unspecified atom stereocenters. The van der Waals surface area contributed by atoms with Crippen LogP contribution in [0.5, 0.6) is 0 Å². The van der Waals surface area contributed by atoms with Crippen LogP contribution in [0.15, 0.2) is 0 Å². The van der Waals surface area contributed by atoms with Gasteiger partial charge in [-0.2, -0.15) is 0 Å². The highest BCUT2D eigenvalue weighted by Gasteiger charge is 2.66. The molecule has 0 spiro atoms. The fraction of sp³-hybridized carbons (Fsp3) is 0.833. The van der Waals surface area contributed by atoms with Crippen molar-refractivity contribution in [2.24, 2.45) is 17.3 Å². The summed E-state index contributed by atoms with van der Waals surface area (Å²) in [6.07, 6.45) is 0. The Morgan fingerprint density at radius 3 is 2.29 bits per heavy atom. The summed E-state index contributed by atoms with van der Waals surface area (Å²) in [7, 11) is 1.58. The molecule has 1 saturated carbocycles. The predicted molar refractivity (Wildman–Crippen MR) is 62.5 cm³/mol. The number of hydrogen-bond acceptors (Lipinski definition) is 3. The predicted octanol–water partition coefficient (Wildman–Crippen LogP) is 0.838. The summed E-state index contributed by atoms with van der Waals surface area (Å²) in [6.45, 7) is 7.13. The largest absolute Gasteiger partial charge is 0.481 e. The van der Waals surface area contributed by atoms with Gasteiger partial charge in [0.25, 0.3) is 0 Å². The van der Waals surface area contributed by atoms with Crippen molar-refractivity contribution in [2.45, 2.75) is 20.8 Å². The van der Waals surface area contributed by atoms with Crippen molar-refractivity contribution >= 4 is 11.9 Å². The molecule has 5 nitrogen and oxygen atoms in total. The van der Waals surface area contributed by atoms with Gasteiger partial charge in [-0.25, -0.2) is 0 Å². The molecule has 1 fully saturated rings. The summed E-state index contributed by atoms with van der Waals surface area (Å²) in [5.74, 6) is -1.89. The van der Waals surface area contributed by atoms with E-state index >= 15 is 0 Å². The molecule has 0 aromatic rings. The highest BCUT2D eigenvalue weighted by atomic mass is 16.5. The summed E-state index contributed by atoms with van der Waals surface area (Å²) in [5.41, 5.74) is -0.427. The van der Waals surface area contributed by atoms with Crippen molar-refractivity contribution in [1.82, 2.24) is 4.90 Å². The average molecular weight is 243 g/mol. The molecule has 17 heavy (non-hydrogen) atoms. The molecule has 0 bridgehead atoms. The second-order valence-corrected chi connectivity index (χ2v) is 5.03. The van der Waals surface area contributed by atoms with Crippen LogP contribution in [0.3, 0.4) is 0 Å². The summed E-state index contributed by atoms with van der Waals surface area (Å²) >= 11 is 0. The number of carboxylic acid groups (broad SMARTS) is 1. The lowest BCUT2D eigenvalue weighted by Crippen LogP contribution is -2.36. The monoisotopic (exact) mass is 243 g/mol. The summed E-state index contributed by atoms with van der Waals surface area (Å²) in [6, 6.07) is 0. The molecular formula is C12H21NO4. The molecule has 1 aliphatic rings. The maximum atomic E-state index is 12.2. The number of ether oxygens (including phenoxy) is 1. The van der Waals surface area contributed by atoms with Crippen molar-refractivity contribution in [3.63, 3.8) is 0 Å². The first-order valence-electron chi connectivity index (χ1n) is 5.88. The zero-order valence-electron chi connectivity index (χ0n) is 10.9. The lowest BCUT2D eigenvalue weighted by Gasteiger charge is -2.21. The quantitative estimate of drug-likeness (QED) is 0.750. The molecule has 0 radical (unpaired) electrons. The number of amides is 1. The third kappa shape index (κ3) is 2.60. The number of carbonyl (C=O) groups excluding carboxylic acids is 1. The van der Waals surface area contributed by atoms with Crippen LogP contribution < -0.4 is 0 Å². The third-order valence-electron chi connectivity index (χ3n) is 3.62. The van der Waals surface area contributed by atoms with E-state index in [1.54, 1.807) is 12.0 Å². The van der Waals surface area contributed by atoms with Gasteiger partial charge >= 0.3 is 5.97 Å². The minimum atomic E-state index is -0.879. The Balaban J connectivity index is 2.67. The second kappa shape index (κ2) is 5.04. The summed E-state index contributed by atoms with van der Waals surface area (Å²) < 4.78 is 4.94. The summed E-state index contributed by atoms with van der Waals surface area (Å²) in [5, 5.41) is 9.04. The molecule has 1 aliphatic carbocycles. The highest BCUT2D eigenvalue weighted by molar-refractivity contribution is 5.91. The lowest BCUT2D eigenvalue weighted by atomic mass is 10.1. The smallest absolute Gasteiger partial charge is 0.307 e. The first-order valence-corrected chi connectivity index (χ1v) is 5.88. The number of aliphatic carboxylic acids is 1. The van der Waals surface area contributed by atoms with E-state index in [1.165, 1.54) is 0 Å². The fourth-order valence-corrected chi connectivity index (χ4v) is 2.38. The van der Waals surface area contributed by atoms with Crippen LogP contribution in [-0.2, 0) is 14.3 Å². The molecule has 2 atom stereocenters. The zero-order valence-corrected chi connectivity index (χ0v) is 10.9. The Labute approximate surface area is 102 Å². The van der Waals surface area contributed by atoms with Crippen LogP contribution >= 0.6 is 0 Å². The van der Waals surface area contributed by atoms with Crippen LogP contribution in [0.1, 0.15) is 20.8 Å². The van der Waals surface area contributed by atoms with Crippen LogP contribution in [0.4, 0.5) is 0 Å². The summed E-state index contributed by atoms with van der Waals surface area (Å²) in [4.78, 5) is 24.9. The molecule has 1 N–H and O–H groups in total. The normalized spacial score (nSPS) is 25.4. The molecule has 0 heterocycles. The number of likely N-dealkylation sites (N-methyl/N-ethyl adjacent to an activating group) is 1. The van der Waals surface area contributed by atoms with Crippen molar-refractivity contribution < 1.29 is 19.4 Å². The van der Waals surface area contributed by atoms with Crippen molar-refractivity contribution in [1.29, 1.82) is 0 Å². The van der Waals surface area contributed by atoms with Crippen molar-refractivity contribution in [3.05, 3.63) is 0 Å². The van der Waals surface area contributed by atoms with Crippen molar-refractivity contribution in [2.75, 3.05) is 26.8 Å². The first-order chi connectivity index (χ1) is 7.87. The van der Waals surface area contributed by atoms with Gasteiger partial charge in [0, 0.05) is 20.2 Å². The van der Waals surface area contributed by atoms with Crippen LogP contribution in [0.25, 0.3) is 0 Å². The van der Waals surface area contributed by atoms with Gasteiger partial charge in [0.2, 0.25) is 5.91 Å². The second-order valence-electron chi connectivity index (χ2n) is 5.03. The maximum Gasteiger partial charge on any atom is 0.307 e. The number of carbonyl (C=O) groups is 2. The van der Waals surface area contributed by atoms with E-state index in [-0.39, 0.29) is 5.91 Å². The van der Waals surface area contributed by atoms with E-state index in [9.17, 15) is 9.59 Å². The number of carboxylic acids is 1. The van der Waals surface area contributed by atoms with Gasteiger partial charge < -0.3 is 14.7 Å². The molecule has 0 aliphatic heterocycles. The van der Waals surface area contributed by atoms with E-state index in [1.807, 2.05) is 20.8 Å². The molecule has 98 valence electrons. The minimum absolute atomic E-state index is 0.0676. The minimum Gasteiger partial charge on any atom is -0.481 e. The average Bonchev–Trinajstić information content (AvgIpc) is 2.82. The molecule has 0 saturated heterocycles. The molecule has 0 aromatic heterocycles. The van der Waals surface area contributed by atoms with Crippen molar-refractivity contribution in [3.8, 4) is 0 Å². The number of methoxy groups -OCH3 is 1. The Kier molecular flexibility index (Phi) is 4.14.